The normalized spacial score (nSPS) is 12.0. The summed E-state index contributed by atoms with van der Waals surface area (Å²) < 4.78 is 25.9. The Morgan fingerprint density at radius 2 is 1.76 bits per heavy atom. The Bertz CT molecular complexity index is 1040. The maximum atomic E-state index is 12.3. The number of fused-ring (bicyclic) bond motifs is 1. The van der Waals surface area contributed by atoms with Gasteiger partial charge in [-0.3, -0.25) is 4.79 Å². The van der Waals surface area contributed by atoms with Crippen LogP contribution in [0.25, 0.3) is 22.2 Å². The lowest BCUT2D eigenvalue weighted by Gasteiger charge is -2.11. The number of hydrogen-bond donors (Lipinski definition) is 1. The van der Waals surface area contributed by atoms with Crippen LogP contribution in [0.4, 0.5) is 0 Å². The number of benzene rings is 2. The first-order valence-corrected chi connectivity index (χ1v) is 10.2. The van der Waals surface area contributed by atoms with E-state index in [4.69, 9.17) is 0 Å². The number of nitrogens with one attached hydrogen (secondary N) is 1. The molecule has 0 saturated heterocycles. The molecule has 0 amide bonds. The summed E-state index contributed by atoms with van der Waals surface area (Å²) >= 11 is 1.64. The van der Waals surface area contributed by atoms with E-state index >= 15 is 0 Å². The van der Waals surface area contributed by atoms with Crippen molar-refractivity contribution < 1.29 is 13.2 Å². The third-order valence-electron chi connectivity index (χ3n) is 4.09. The molecule has 2 aromatic carbocycles. The molecule has 0 radical (unpaired) electrons. The molecule has 0 aliphatic carbocycles. The molecule has 0 saturated carbocycles. The second-order valence-electron chi connectivity index (χ2n) is 5.75. The third kappa shape index (κ3) is 3.10. The summed E-state index contributed by atoms with van der Waals surface area (Å²) in [4.78, 5) is 16.2. The van der Waals surface area contributed by atoms with E-state index in [1.54, 1.807) is 30.0 Å². The van der Waals surface area contributed by atoms with Crippen molar-refractivity contribution in [3.8, 4) is 11.3 Å². The summed E-state index contributed by atoms with van der Waals surface area (Å²) in [6.07, 6.45) is 2.77. The molecular weight excluding hydrogens is 356 g/mol. The lowest BCUT2D eigenvalue weighted by Crippen LogP contribution is -2.22. The topological polar surface area (TPSA) is 70.2 Å². The number of hydrogen-bond acceptors (Lipinski definition) is 4. The highest BCUT2D eigenvalue weighted by atomic mass is 32.2. The number of carbonyl (C=O) groups excluding carboxylic acids is 1. The number of sulfonamides is 1. The van der Waals surface area contributed by atoms with Gasteiger partial charge < -0.3 is 4.98 Å². The zero-order chi connectivity index (χ0) is 18.2. The molecule has 0 spiro atoms. The summed E-state index contributed by atoms with van der Waals surface area (Å²) in [6.45, 7) is 0. The van der Waals surface area contributed by atoms with E-state index in [-0.39, 0.29) is 4.90 Å². The van der Waals surface area contributed by atoms with Crippen molar-refractivity contribution in [1.82, 2.24) is 9.29 Å². The van der Waals surface area contributed by atoms with Crippen LogP contribution < -0.4 is 0 Å². The van der Waals surface area contributed by atoms with Crippen molar-refractivity contribution in [2.24, 2.45) is 0 Å². The van der Waals surface area contributed by atoms with Crippen LogP contribution in [0.5, 0.6) is 0 Å². The number of carbonyl (C=O) groups is 1. The van der Waals surface area contributed by atoms with Crippen molar-refractivity contribution in [2.45, 2.75) is 9.79 Å². The smallest absolute Gasteiger partial charge is 0.242 e. The van der Waals surface area contributed by atoms with E-state index in [0.717, 1.165) is 26.6 Å². The summed E-state index contributed by atoms with van der Waals surface area (Å²) in [5.41, 5.74) is 2.76. The molecule has 25 heavy (non-hydrogen) atoms. The maximum Gasteiger partial charge on any atom is 0.242 e. The van der Waals surface area contributed by atoms with Crippen LogP contribution >= 0.6 is 11.8 Å². The van der Waals surface area contributed by atoms with Crippen LogP contribution in [0.2, 0.25) is 0 Å². The molecule has 0 atom stereocenters. The number of H-pyrrole nitrogens is 1. The van der Waals surface area contributed by atoms with Gasteiger partial charge in [0.25, 0.3) is 0 Å². The fraction of sp³-hybridized carbons (Fsp3) is 0.167. The van der Waals surface area contributed by atoms with Gasteiger partial charge in [-0.25, -0.2) is 12.7 Å². The van der Waals surface area contributed by atoms with Gasteiger partial charge in [-0.15, -0.1) is 11.8 Å². The summed E-state index contributed by atoms with van der Waals surface area (Å²) in [5.74, 6) is 0. The average molecular weight is 374 g/mol. The number of nitrogens with zero attached hydrogens (tertiary/aromatic N) is 1. The molecule has 1 N–H and O–H groups in total. The Balaban J connectivity index is 2.20. The van der Waals surface area contributed by atoms with Gasteiger partial charge in [0.15, 0.2) is 6.29 Å². The van der Waals surface area contributed by atoms with Gasteiger partial charge in [0, 0.05) is 35.5 Å². The highest BCUT2D eigenvalue weighted by Gasteiger charge is 2.20. The van der Waals surface area contributed by atoms with E-state index in [2.05, 4.69) is 4.98 Å². The molecule has 0 aliphatic rings. The van der Waals surface area contributed by atoms with Crippen LogP contribution in [0.3, 0.4) is 0 Å². The lowest BCUT2D eigenvalue weighted by molar-refractivity contribution is 0.112. The second kappa shape index (κ2) is 6.67. The fourth-order valence-corrected chi connectivity index (χ4v) is 4.01. The Kier molecular flexibility index (Phi) is 4.73. The monoisotopic (exact) mass is 374 g/mol. The van der Waals surface area contributed by atoms with E-state index in [0.29, 0.717) is 16.6 Å². The fourth-order valence-electron chi connectivity index (χ4n) is 2.67. The second-order valence-corrected chi connectivity index (χ2v) is 8.79. The first-order valence-electron chi connectivity index (χ1n) is 7.56. The van der Waals surface area contributed by atoms with Crippen LogP contribution in [0.1, 0.15) is 10.4 Å². The van der Waals surface area contributed by atoms with Gasteiger partial charge in [-0.05, 0) is 42.2 Å². The first-order chi connectivity index (χ1) is 11.9. The van der Waals surface area contributed by atoms with Gasteiger partial charge in [-0.2, -0.15) is 0 Å². The van der Waals surface area contributed by atoms with Crippen molar-refractivity contribution in [3.05, 3.63) is 48.0 Å². The Hall–Kier alpha value is -2.09. The molecule has 3 rings (SSSR count). The van der Waals surface area contributed by atoms with Gasteiger partial charge in [0.1, 0.15) is 0 Å². The predicted molar refractivity (Wildman–Crippen MR) is 102 cm³/mol. The molecule has 1 aromatic heterocycles. The zero-order valence-electron chi connectivity index (χ0n) is 14.1. The van der Waals surface area contributed by atoms with Gasteiger partial charge >= 0.3 is 0 Å². The van der Waals surface area contributed by atoms with Gasteiger partial charge in [0.2, 0.25) is 10.0 Å². The Morgan fingerprint density at radius 1 is 1.08 bits per heavy atom. The number of rotatable bonds is 5. The van der Waals surface area contributed by atoms with Crippen molar-refractivity contribution >= 4 is 39.0 Å². The Labute approximate surface area is 151 Å². The standard InChI is InChI=1S/C18H18N2O3S2/c1-20(2)25(22,23)14-8-9-17-15(10-14)16(11-21)18(19-17)12-4-6-13(24-3)7-5-12/h4-11,19H,1-3H3. The minimum Gasteiger partial charge on any atom is -0.354 e. The number of aromatic amines is 1. The summed E-state index contributed by atoms with van der Waals surface area (Å²) in [6, 6.07) is 12.7. The minimum absolute atomic E-state index is 0.163. The minimum atomic E-state index is -3.56. The summed E-state index contributed by atoms with van der Waals surface area (Å²) in [5, 5.41) is 0.599. The van der Waals surface area contributed by atoms with Gasteiger partial charge in [0.05, 0.1) is 10.6 Å². The molecule has 3 aromatic rings. The highest BCUT2D eigenvalue weighted by molar-refractivity contribution is 7.98. The molecule has 0 bridgehead atoms. The third-order valence-corrected chi connectivity index (χ3v) is 6.64. The molecule has 0 fully saturated rings. The highest BCUT2D eigenvalue weighted by Crippen LogP contribution is 2.32. The van der Waals surface area contributed by atoms with Crippen LogP contribution in [-0.2, 0) is 10.0 Å². The molecule has 0 aliphatic heterocycles. The zero-order valence-corrected chi connectivity index (χ0v) is 15.7. The van der Waals surface area contributed by atoms with E-state index in [9.17, 15) is 13.2 Å². The molecule has 0 unspecified atom stereocenters. The van der Waals surface area contributed by atoms with Crippen LogP contribution in [-0.4, -0.2) is 44.3 Å². The summed E-state index contributed by atoms with van der Waals surface area (Å²) in [7, 11) is -0.593. The lowest BCUT2D eigenvalue weighted by atomic mass is 10.1. The molecule has 7 heteroatoms. The predicted octanol–water partition coefficient (Wildman–Crippen LogP) is 3.62. The van der Waals surface area contributed by atoms with E-state index in [1.165, 1.54) is 14.1 Å². The number of aromatic nitrogens is 1. The van der Waals surface area contributed by atoms with Crippen molar-refractivity contribution in [3.63, 3.8) is 0 Å². The first kappa shape index (κ1) is 17.7. The van der Waals surface area contributed by atoms with Crippen molar-refractivity contribution in [1.29, 1.82) is 0 Å². The molecular formula is C18H18N2O3S2. The Morgan fingerprint density at radius 3 is 2.32 bits per heavy atom. The number of aldehydes is 1. The molecule has 1 heterocycles. The SMILES string of the molecule is CSc1ccc(-c2[nH]c3ccc(S(=O)(=O)N(C)C)cc3c2C=O)cc1. The molecule has 5 nitrogen and oxygen atoms in total. The number of thioether (sulfide) groups is 1. The van der Waals surface area contributed by atoms with E-state index in [1.807, 2.05) is 30.5 Å². The van der Waals surface area contributed by atoms with E-state index < -0.39 is 10.0 Å². The van der Waals surface area contributed by atoms with Gasteiger partial charge in [-0.1, -0.05) is 12.1 Å². The van der Waals surface area contributed by atoms with Crippen molar-refractivity contribution in [2.75, 3.05) is 20.4 Å². The molecule has 130 valence electrons. The maximum absolute atomic E-state index is 12.3. The average Bonchev–Trinajstić information content (AvgIpc) is 2.99. The largest absolute Gasteiger partial charge is 0.354 e. The quantitative estimate of drug-likeness (QED) is 0.547. The van der Waals surface area contributed by atoms with Crippen LogP contribution in [0.15, 0.2) is 52.3 Å². The van der Waals surface area contributed by atoms with Crippen LogP contribution in [0, 0.1) is 0 Å².